The van der Waals surface area contributed by atoms with Crippen LogP contribution in [0.1, 0.15) is 6.92 Å². The van der Waals surface area contributed by atoms with E-state index >= 15 is 0 Å². The molecule has 0 bridgehead atoms. The van der Waals surface area contributed by atoms with Gasteiger partial charge in [-0.3, -0.25) is 0 Å². The monoisotopic (exact) mass is 210 g/mol. The number of hydrogen-bond acceptors (Lipinski definition) is 0. The molecule has 1 rings (SSSR count). The van der Waals surface area contributed by atoms with Crippen LogP contribution in [-0.4, -0.2) is 15.0 Å². The molecule has 56 valence electrons. The third kappa shape index (κ3) is 3.28. The molecule has 0 N–H and O–H groups in total. The van der Waals surface area contributed by atoms with E-state index in [4.69, 9.17) is 0 Å². The van der Waals surface area contributed by atoms with Crippen molar-refractivity contribution >= 4 is 19.4 Å². The van der Waals surface area contributed by atoms with E-state index in [2.05, 4.69) is 36.1 Å². The Morgan fingerprint density at radius 1 is 1.27 bits per heavy atom. The van der Waals surface area contributed by atoms with Gasteiger partial charge in [0.1, 0.15) is 0 Å². The summed E-state index contributed by atoms with van der Waals surface area (Å²) in [6, 6.07) is 10.5. The Balaban J connectivity index is 2.43. The van der Waals surface area contributed by atoms with E-state index in [1.165, 1.54) is 4.46 Å². The molecule has 0 nitrogen and oxygen atoms in total. The average Bonchev–Trinajstić information content (AvgIpc) is 2.07. The fourth-order valence-corrected chi connectivity index (χ4v) is 2.25. The second-order valence-electron chi connectivity index (χ2n) is 2.03. The van der Waals surface area contributed by atoms with Gasteiger partial charge in [0.2, 0.25) is 0 Å². The Kier molecular flexibility index (Phi) is 3.83. The van der Waals surface area contributed by atoms with Crippen LogP contribution >= 0.6 is 0 Å². The summed E-state index contributed by atoms with van der Waals surface area (Å²) in [6.07, 6.45) is 0. The van der Waals surface area contributed by atoms with Crippen molar-refractivity contribution in [3.05, 3.63) is 30.3 Å². The second kappa shape index (κ2) is 5.02. The summed E-state index contributed by atoms with van der Waals surface area (Å²) in [6.45, 7) is 1.89. The first-order valence-corrected chi connectivity index (χ1v) is 5.57. The van der Waals surface area contributed by atoms with Crippen molar-refractivity contribution in [1.29, 1.82) is 0 Å². The van der Waals surface area contributed by atoms with Crippen molar-refractivity contribution in [3.8, 4) is 11.8 Å². The van der Waals surface area contributed by atoms with Gasteiger partial charge in [0, 0.05) is 0 Å². The molecule has 0 atom stereocenters. The zero-order valence-electron chi connectivity index (χ0n) is 6.50. The van der Waals surface area contributed by atoms with Gasteiger partial charge in [-0.05, 0) is 0 Å². The summed E-state index contributed by atoms with van der Waals surface area (Å²) in [5.74, 6) is 5.98. The average molecular weight is 209 g/mol. The van der Waals surface area contributed by atoms with Crippen molar-refractivity contribution in [1.82, 2.24) is 0 Å². The van der Waals surface area contributed by atoms with Crippen LogP contribution in [0.25, 0.3) is 0 Å². The molecule has 0 saturated carbocycles. The van der Waals surface area contributed by atoms with E-state index in [1.807, 2.05) is 13.0 Å². The van der Waals surface area contributed by atoms with Gasteiger partial charge in [-0.15, -0.1) is 0 Å². The maximum atomic E-state index is 3.07. The van der Waals surface area contributed by atoms with Crippen LogP contribution in [0, 0.1) is 11.8 Å². The van der Waals surface area contributed by atoms with Crippen molar-refractivity contribution in [2.45, 2.75) is 12.2 Å². The topological polar surface area (TPSA) is 0 Å². The Labute approximate surface area is 74.2 Å². The van der Waals surface area contributed by atoms with Gasteiger partial charge in [-0.1, -0.05) is 0 Å². The molecule has 0 saturated heterocycles. The van der Waals surface area contributed by atoms with Gasteiger partial charge in [-0.2, -0.15) is 0 Å². The fraction of sp³-hybridized carbons (Fsp3) is 0.200. The van der Waals surface area contributed by atoms with Crippen molar-refractivity contribution < 1.29 is 0 Å². The zero-order chi connectivity index (χ0) is 7.94. The molecule has 0 aliphatic heterocycles. The van der Waals surface area contributed by atoms with Gasteiger partial charge in [0.15, 0.2) is 0 Å². The fourth-order valence-electron chi connectivity index (χ4n) is 0.708. The molecule has 0 aliphatic rings. The van der Waals surface area contributed by atoms with E-state index in [1.54, 1.807) is 0 Å². The van der Waals surface area contributed by atoms with Gasteiger partial charge >= 0.3 is 73.8 Å². The molecule has 1 aromatic rings. The van der Waals surface area contributed by atoms with Crippen molar-refractivity contribution in [3.63, 3.8) is 0 Å². The van der Waals surface area contributed by atoms with Crippen LogP contribution in [0.15, 0.2) is 30.3 Å². The van der Waals surface area contributed by atoms with Gasteiger partial charge < -0.3 is 0 Å². The molecule has 0 heterocycles. The summed E-state index contributed by atoms with van der Waals surface area (Å²) in [5, 5.41) is 1.04. The molecule has 1 heteroatoms. The molecule has 0 amide bonds. The predicted molar refractivity (Wildman–Crippen MR) is 50.1 cm³/mol. The minimum atomic E-state index is 0.546. The van der Waals surface area contributed by atoms with Crippen LogP contribution in [0.3, 0.4) is 0 Å². The Hall–Kier alpha value is -0.701. The molecule has 0 aromatic heterocycles. The molecule has 0 aliphatic carbocycles. The Morgan fingerprint density at radius 3 is 2.64 bits per heavy atom. The summed E-state index contributed by atoms with van der Waals surface area (Å²) >= 11 is 0.546. The van der Waals surface area contributed by atoms with Gasteiger partial charge in [0.05, 0.1) is 0 Å². The first-order valence-electron chi connectivity index (χ1n) is 3.51. The summed E-state index contributed by atoms with van der Waals surface area (Å²) in [4.78, 5) is 0. The van der Waals surface area contributed by atoms with Gasteiger partial charge in [0.25, 0.3) is 0 Å². The Morgan fingerprint density at radius 2 is 2.00 bits per heavy atom. The number of benzene rings is 1. The predicted octanol–water partition coefficient (Wildman–Crippen LogP) is 1.46. The van der Waals surface area contributed by atoms with Crippen LogP contribution in [0.4, 0.5) is 0 Å². The first kappa shape index (κ1) is 8.40. The van der Waals surface area contributed by atoms with E-state index in [9.17, 15) is 0 Å². The Bertz CT molecular complexity index is 253. The summed E-state index contributed by atoms with van der Waals surface area (Å²) in [5.41, 5.74) is 0. The first-order chi connectivity index (χ1) is 5.43. The summed E-state index contributed by atoms with van der Waals surface area (Å²) < 4.78 is 1.43. The molecule has 1 aromatic carbocycles. The van der Waals surface area contributed by atoms with Crippen LogP contribution < -0.4 is 4.46 Å². The van der Waals surface area contributed by atoms with Crippen molar-refractivity contribution in [2.75, 3.05) is 0 Å². The van der Waals surface area contributed by atoms with Crippen LogP contribution in [0.5, 0.6) is 0 Å². The minimum absolute atomic E-state index is 0.546. The van der Waals surface area contributed by atoms with Crippen molar-refractivity contribution in [2.24, 2.45) is 0 Å². The third-order valence-corrected chi connectivity index (χ3v) is 3.11. The van der Waals surface area contributed by atoms with Crippen LogP contribution in [-0.2, 0) is 0 Å². The SMILES string of the molecule is CC#CC[Se]c1ccccc1. The molecule has 0 fully saturated rings. The molecular formula is C10H10Se. The molecule has 11 heavy (non-hydrogen) atoms. The quantitative estimate of drug-likeness (QED) is 0.511. The van der Waals surface area contributed by atoms with Gasteiger partial charge in [-0.25, -0.2) is 0 Å². The number of rotatable bonds is 2. The van der Waals surface area contributed by atoms with E-state index in [0.29, 0.717) is 15.0 Å². The molecular weight excluding hydrogens is 199 g/mol. The second-order valence-corrected chi connectivity index (χ2v) is 4.23. The standard InChI is InChI=1S/C10H10Se/c1-2-3-9-11-10-7-5-4-6-8-10/h4-8H,9H2,1H3. The van der Waals surface area contributed by atoms with E-state index < -0.39 is 0 Å². The van der Waals surface area contributed by atoms with E-state index in [-0.39, 0.29) is 0 Å². The molecule has 0 radical (unpaired) electrons. The molecule has 0 unspecified atom stereocenters. The van der Waals surface area contributed by atoms with E-state index in [0.717, 1.165) is 5.32 Å². The summed E-state index contributed by atoms with van der Waals surface area (Å²) in [7, 11) is 0. The third-order valence-electron chi connectivity index (χ3n) is 1.23. The zero-order valence-corrected chi connectivity index (χ0v) is 8.22. The normalized spacial score (nSPS) is 8.45. The molecule has 0 spiro atoms. The number of hydrogen-bond donors (Lipinski definition) is 0. The maximum absolute atomic E-state index is 3.07. The van der Waals surface area contributed by atoms with Crippen LogP contribution in [0.2, 0.25) is 5.32 Å².